The summed E-state index contributed by atoms with van der Waals surface area (Å²) < 4.78 is 0. The van der Waals surface area contributed by atoms with E-state index in [9.17, 15) is 0 Å². The number of nitrogens with zero attached hydrogens (tertiary/aromatic N) is 3. The van der Waals surface area contributed by atoms with Gasteiger partial charge >= 0.3 is 0 Å². The lowest BCUT2D eigenvalue weighted by Gasteiger charge is -2.09. The van der Waals surface area contributed by atoms with Crippen LogP contribution in [0.2, 0.25) is 0 Å². The Bertz CT molecular complexity index is 1060. The van der Waals surface area contributed by atoms with E-state index in [-0.39, 0.29) is 0 Å². The molecule has 3 aromatic carbocycles. The number of nitrogen functional groups attached to an aromatic ring is 1. The molecule has 0 fully saturated rings. The van der Waals surface area contributed by atoms with Crippen LogP contribution in [0.15, 0.2) is 96.1 Å². The average molecular weight is 379 g/mol. The second kappa shape index (κ2) is 8.35. The van der Waals surface area contributed by atoms with Crippen LogP contribution >= 0.6 is 0 Å². The Hall–Kier alpha value is -3.99. The first-order valence-electron chi connectivity index (χ1n) is 9.35. The Kier molecular flexibility index (Phi) is 5.29. The van der Waals surface area contributed by atoms with Crippen molar-refractivity contribution in [1.82, 2.24) is 9.97 Å². The van der Waals surface area contributed by atoms with Crippen molar-refractivity contribution in [2.24, 2.45) is 5.10 Å². The second-order valence-electron chi connectivity index (χ2n) is 6.63. The van der Waals surface area contributed by atoms with Gasteiger partial charge in [-0.1, -0.05) is 72.8 Å². The Labute approximate surface area is 170 Å². The van der Waals surface area contributed by atoms with Crippen molar-refractivity contribution in [2.45, 2.75) is 6.92 Å². The van der Waals surface area contributed by atoms with Crippen LogP contribution in [0.25, 0.3) is 22.6 Å². The minimum Gasteiger partial charge on any atom is -0.399 e. The molecule has 5 heteroatoms. The molecule has 1 heterocycles. The van der Waals surface area contributed by atoms with Gasteiger partial charge in [0.15, 0.2) is 11.6 Å². The van der Waals surface area contributed by atoms with Gasteiger partial charge in [-0.25, -0.2) is 9.97 Å². The molecule has 0 amide bonds. The SMILES string of the molecule is CC(=NNc1cc(-c2ccccc2)nc(-c2ccccc2)n1)c1ccc(N)cc1. The van der Waals surface area contributed by atoms with Gasteiger partial charge in [0.05, 0.1) is 11.4 Å². The van der Waals surface area contributed by atoms with Crippen molar-refractivity contribution in [2.75, 3.05) is 11.2 Å². The number of anilines is 2. The lowest BCUT2D eigenvalue weighted by atomic mass is 10.1. The molecule has 0 atom stereocenters. The lowest BCUT2D eigenvalue weighted by Crippen LogP contribution is -2.03. The van der Waals surface area contributed by atoms with E-state index >= 15 is 0 Å². The number of hydrogen-bond donors (Lipinski definition) is 2. The van der Waals surface area contributed by atoms with Gasteiger partial charge in [-0.2, -0.15) is 5.10 Å². The first-order chi connectivity index (χ1) is 14.2. The third kappa shape index (κ3) is 4.47. The van der Waals surface area contributed by atoms with Crippen molar-refractivity contribution in [1.29, 1.82) is 0 Å². The van der Waals surface area contributed by atoms with Gasteiger partial charge in [0, 0.05) is 22.9 Å². The third-order valence-corrected chi connectivity index (χ3v) is 4.49. The van der Waals surface area contributed by atoms with E-state index in [4.69, 9.17) is 10.7 Å². The second-order valence-corrected chi connectivity index (χ2v) is 6.63. The van der Waals surface area contributed by atoms with Crippen molar-refractivity contribution < 1.29 is 0 Å². The molecule has 0 radical (unpaired) electrons. The van der Waals surface area contributed by atoms with Crippen LogP contribution < -0.4 is 11.2 Å². The molecule has 0 aliphatic heterocycles. The monoisotopic (exact) mass is 379 g/mol. The van der Waals surface area contributed by atoms with Crippen molar-refractivity contribution in [3.63, 3.8) is 0 Å². The topological polar surface area (TPSA) is 76.2 Å². The normalized spacial score (nSPS) is 11.3. The third-order valence-electron chi connectivity index (χ3n) is 4.49. The van der Waals surface area contributed by atoms with E-state index in [1.165, 1.54) is 0 Å². The van der Waals surface area contributed by atoms with Crippen LogP contribution in [0.5, 0.6) is 0 Å². The Morgan fingerprint density at radius 2 is 1.41 bits per heavy atom. The molecule has 1 aromatic heterocycles. The number of rotatable bonds is 5. The van der Waals surface area contributed by atoms with E-state index in [1.807, 2.05) is 97.9 Å². The summed E-state index contributed by atoms with van der Waals surface area (Å²) in [6.45, 7) is 1.94. The fourth-order valence-electron chi connectivity index (χ4n) is 2.91. The zero-order valence-electron chi connectivity index (χ0n) is 16.1. The first kappa shape index (κ1) is 18.4. The summed E-state index contributed by atoms with van der Waals surface area (Å²) in [5, 5.41) is 4.50. The van der Waals surface area contributed by atoms with E-state index in [0.29, 0.717) is 11.6 Å². The van der Waals surface area contributed by atoms with Crippen LogP contribution in [-0.2, 0) is 0 Å². The summed E-state index contributed by atoms with van der Waals surface area (Å²) >= 11 is 0. The van der Waals surface area contributed by atoms with Crippen molar-refractivity contribution in [3.05, 3.63) is 96.6 Å². The summed E-state index contributed by atoms with van der Waals surface area (Å²) in [6.07, 6.45) is 0. The van der Waals surface area contributed by atoms with Crippen LogP contribution in [-0.4, -0.2) is 15.7 Å². The molecule has 3 N–H and O–H groups in total. The molecule has 0 saturated carbocycles. The zero-order valence-corrected chi connectivity index (χ0v) is 16.1. The summed E-state index contributed by atoms with van der Waals surface area (Å²) in [4.78, 5) is 9.41. The molecule has 4 aromatic rings. The summed E-state index contributed by atoms with van der Waals surface area (Å²) in [7, 11) is 0. The smallest absolute Gasteiger partial charge is 0.162 e. The van der Waals surface area contributed by atoms with Gasteiger partial charge in [-0.15, -0.1) is 0 Å². The number of hydrazone groups is 1. The standard InChI is InChI=1S/C24H21N5/c1-17(18-12-14-21(25)15-13-18)28-29-23-16-22(19-8-4-2-5-9-19)26-24(27-23)20-10-6-3-7-11-20/h2-16H,25H2,1H3,(H,26,27,29). The Balaban J connectivity index is 1.70. The van der Waals surface area contributed by atoms with Gasteiger partial charge in [0.25, 0.3) is 0 Å². The van der Waals surface area contributed by atoms with Gasteiger partial charge in [-0.05, 0) is 24.6 Å². The number of benzene rings is 3. The molecule has 0 saturated heterocycles. The van der Waals surface area contributed by atoms with E-state index in [2.05, 4.69) is 15.5 Å². The minimum absolute atomic E-state index is 0.632. The molecule has 0 aliphatic carbocycles. The predicted molar refractivity (Wildman–Crippen MR) is 120 cm³/mol. The highest BCUT2D eigenvalue weighted by Gasteiger charge is 2.08. The molecule has 0 unspecified atom stereocenters. The maximum absolute atomic E-state index is 5.76. The lowest BCUT2D eigenvalue weighted by molar-refractivity contribution is 1.15. The van der Waals surface area contributed by atoms with E-state index in [0.717, 1.165) is 33.8 Å². The van der Waals surface area contributed by atoms with Gasteiger partial charge in [0.1, 0.15) is 0 Å². The van der Waals surface area contributed by atoms with Gasteiger partial charge in [-0.3, -0.25) is 5.43 Å². The summed E-state index contributed by atoms with van der Waals surface area (Å²) in [5.41, 5.74) is 14.2. The molecule has 29 heavy (non-hydrogen) atoms. The highest BCUT2D eigenvalue weighted by Crippen LogP contribution is 2.24. The number of nitrogens with two attached hydrogens (primary N) is 1. The Morgan fingerprint density at radius 1 is 0.793 bits per heavy atom. The highest BCUT2D eigenvalue weighted by molar-refractivity contribution is 5.99. The minimum atomic E-state index is 0.632. The summed E-state index contributed by atoms with van der Waals surface area (Å²) in [5.74, 6) is 1.28. The van der Waals surface area contributed by atoms with E-state index < -0.39 is 0 Å². The van der Waals surface area contributed by atoms with Crippen LogP contribution in [0.4, 0.5) is 11.5 Å². The first-order valence-corrected chi connectivity index (χ1v) is 9.35. The number of aromatic nitrogens is 2. The molecule has 0 spiro atoms. The van der Waals surface area contributed by atoms with Crippen LogP contribution in [0.3, 0.4) is 0 Å². The maximum Gasteiger partial charge on any atom is 0.162 e. The number of nitrogens with one attached hydrogen (secondary N) is 1. The average Bonchev–Trinajstić information content (AvgIpc) is 2.79. The van der Waals surface area contributed by atoms with Gasteiger partial charge < -0.3 is 5.73 Å². The van der Waals surface area contributed by atoms with Crippen LogP contribution in [0, 0.1) is 0 Å². The summed E-state index contributed by atoms with van der Waals surface area (Å²) in [6, 6.07) is 29.5. The Morgan fingerprint density at radius 3 is 2.07 bits per heavy atom. The van der Waals surface area contributed by atoms with Crippen LogP contribution in [0.1, 0.15) is 12.5 Å². The number of hydrogen-bond acceptors (Lipinski definition) is 5. The highest BCUT2D eigenvalue weighted by atomic mass is 15.3. The molecule has 5 nitrogen and oxygen atoms in total. The molecular weight excluding hydrogens is 358 g/mol. The van der Waals surface area contributed by atoms with E-state index in [1.54, 1.807) is 0 Å². The largest absolute Gasteiger partial charge is 0.399 e. The fraction of sp³-hybridized carbons (Fsp3) is 0.0417. The molecule has 4 rings (SSSR count). The predicted octanol–water partition coefficient (Wildman–Crippen LogP) is 5.23. The van der Waals surface area contributed by atoms with Crippen molar-refractivity contribution in [3.8, 4) is 22.6 Å². The zero-order chi connectivity index (χ0) is 20.1. The molecule has 0 bridgehead atoms. The quantitative estimate of drug-likeness (QED) is 0.283. The van der Waals surface area contributed by atoms with Crippen molar-refractivity contribution >= 4 is 17.2 Å². The maximum atomic E-state index is 5.76. The fourth-order valence-corrected chi connectivity index (χ4v) is 2.91. The molecular formula is C24H21N5. The van der Waals surface area contributed by atoms with Gasteiger partial charge in [0.2, 0.25) is 0 Å². The molecule has 0 aliphatic rings. The molecule has 142 valence electrons.